The number of nitrogens with zero attached hydrogens (tertiary/aromatic N) is 2. The molecule has 164 valence electrons. The van der Waals surface area contributed by atoms with Gasteiger partial charge < -0.3 is 4.74 Å². The summed E-state index contributed by atoms with van der Waals surface area (Å²) < 4.78 is 6.01. The second-order valence-electron chi connectivity index (χ2n) is 7.66. The van der Waals surface area contributed by atoms with Gasteiger partial charge in [-0.1, -0.05) is 73.3 Å². The van der Waals surface area contributed by atoms with Gasteiger partial charge in [-0.25, -0.2) is 0 Å². The molecule has 1 N–H and O–H groups in total. The molecule has 5 nitrogen and oxygen atoms in total. The van der Waals surface area contributed by atoms with Crippen LogP contribution in [0.25, 0.3) is 16.8 Å². The number of fused-ring (bicyclic) bond motifs is 1. The zero-order valence-electron chi connectivity index (χ0n) is 17.9. The summed E-state index contributed by atoms with van der Waals surface area (Å²) in [7, 11) is 0. The van der Waals surface area contributed by atoms with E-state index in [4.69, 9.17) is 10.1 Å². The van der Waals surface area contributed by atoms with Crippen molar-refractivity contribution in [3.05, 3.63) is 92.8 Å². The van der Waals surface area contributed by atoms with E-state index in [2.05, 4.69) is 34.5 Å². The number of carbonyl (C=O) groups is 1. The molecule has 0 spiro atoms. The lowest BCUT2D eigenvalue weighted by Gasteiger charge is -2.09. The topological polar surface area (TPSA) is 75.9 Å². The molecule has 1 fully saturated rings. The van der Waals surface area contributed by atoms with Crippen LogP contribution in [0.5, 0.6) is 5.75 Å². The van der Waals surface area contributed by atoms with Gasteiger partial charge in [-0.2, -0.15) is 0 Å². The smallest absolute Gasteiger partial charge is 0.186 e. The SMILES string of the molecule is CCc1nnc([C@H]2C(=N)S/C(=C\c3ccc(OCc4cccc5ccccc45)cc3)C2=O)s1. The average molecular weight is 472 g/mol. The van der Waals surface area contributed by atoms with E-state index in [0.717, 1.165) is 28.3 Å². The predicted octanol–water partition coefficient (Wildman–Crippen LogP) is 6.25. The van der Waals surface area contributed by atoms with Crippen LogP contribution < -0.4 is 4.74 Å². The van der Waals surface area contributed by atoms with Gasteiger partial charge in [0.15, 0.2) is 5.78 Å². The van der Waals surface area contributed by atoms with E-state index in [-0.39, 0.29) is 5.78 Å². The fraction of sp³-hybridized carbons (Fsp3) is 0.154. The monoisotopic (exact) mass is 471 g/mol. The van der Waals surface area contributed by atoms with Crippen LogP contribution in [0, 0.1) is 5.41 Å². The summed E-state index contributed by atoms with van der Waals surface area (Å²) in [6, 6.07) is 22.2. The van der Waals surface area contributed by atoms with E-state index >= 15 is 0 Å². The number of allylic oxidation sites excluding steroid dienone is 1. The molecule has 0 radical (unpaired) electrons. The number of ether oxygens (including phenoxy) is 1. The van der Waals surface area contributed by atoms with E-state index in [9.17, 15) is 4.79 Å². The van der Waals surface area contributed by atoms with Crippen molar-refractivity contribution < 1.29 is 9.53 Å². The summed E-state index contributed by atoms with van der Waals surface area (Å²) in [4.78, 5) is 13.5. The number of hydrogen-bond acceptors (Lipinski definition) is 7. The van der Waals surface area contributed by atoms with Gasteiger partial charge in [0.2, 0.25) is 0 Å². The molecular weight excluding hydrogens is 450 g/mol. The summed E-state index contributed by atoms with van der Waals surface area (Å²) in [6.07, 6.45) is 2.61. The highest BCUT2D eigenvalue weighted by Crippen LogP contribution is 2.41. The third-order valence-corrected chi connectivity index (χ3v) is 7.60. The van der Waals surface area contributed by atoms with Crippen molar-refractivity contribution in [3.8, 4) is 5.75 Å². The number of nitrogens with one attached hydrogen (secondary N) is 1. The van der Waals surface area contributed by atoms with Crippen molar-refractivity contribution in [2.24, 2.45) is 0 Å². The van der Waals surface area contributed by atoms with Crippen LogP contribution in [0.2, 0.25) is 0 Å². The van der Waals surface area contributed by atoms with Gasteiger partial charge in [0.05, 0.1) is 9.95 Å². The van der Waals surface area contributed by atoms with Gasteiger partial charge in [0.1, 0.15) is 28.3 Å². The number of hydrogen-bond donors (Lipinski definition) is 1. The summed E-state index contributed by atoms with van der Waals surface area (Å²) >= 11 is 2.61. The maximum Gasteiger partial charge on any atom is 0.186 e. The Morgan fingerprint density at radius 2 is 1.82 bits per heavy atom. The second-order valence-corrected chi connectivity index (χ2v) is 9.83. The van der Waals surface area contributed by atoms with E-state index in [1.54, 1.807) is 0 Å². The van der Waals surface area contributed by atoms with Crippen molar-refractivity contribution in [1.29, 1.82) is 5.41 Å². The Hall–Kier alpha value is -3.29. The molecule has 33 heavy (non-hydrogen) atoms. The molecule has 1 aliphatic rings. The van der Waals surface area contributed by atoms with Crippen LogP contribution >= 0.6 is 23.1 Å². The quantitative estimate of drug-likeness (QED) is 0.336. The minimum Gasteiger partial charge on any atom is -0.489 e. The summed E-state index contributed by atoms with van der Waals surface area (Å²) in [5.41, 5.74) is 2.03. The molecule has 1 aliphatic heterocycles. The number of Topliss-reactive ketones (excluding diaryl/α,β-unsaturated/α-hetero) is 1. The minimum absolute atomic E-state index is 0.0833. The van der Waals surface area contributed by atoms with Crippen LogP contribution in [-0.2, 0) is 17.8 Å². The lowest BCUT2D eigenvalue weighted by Crippen LogP contribution is -2.11. The fourth-order valence-electron chi connectivity index (χ4n) is 3.73. The van der Waals surface area contributed by atoms with Crippen LogP contribution in [-0.4, -0.2) is 21.0 Å². The molecule has 1 aromatic heterocycles. The predicted molar refractivity (Wildman–Crippen MR) is 135 cm³/mol. The molecule has 1 atom stereocenters. The molecule has 7 heteroatoms. The molecule has 0 saturated carbocycles. The number of aromatic nitrogens is 2. The molecule has 0 aliphatic carbocycles. The molecule has 2 heterocycles. The van der Waals surface area contributed by atoms with Crippen molar-refractivity contribution in [2.45, 2.75) is 25.9 Å². The lowest BCUT2D eigenvalue weighted by atomic mass is 10.0. The summed E-state index contributed by atoms with van der Waals surface area (Å²) in [5.74, 6) is 0.0597. The highest BCUT2D eigenvalue weighted by atomic mass is 32.2. The molecule has 0 amide bonds. The third kappa shape index (κ3) is 4.47. The molecule has 4 aromatic rings. The maximum atomic E-state index is 12.9. The van der Waals surface area contributed by atoms with Gasteiger partial charge in [-0.15, -0.1) is 21.5 Å². The lowest BCUT2D eigenvalue weighted by molar-refractivity contribution is -0.114. The first-order valence-electron chi connectivity index (χ1n) is 10.7. The van der Waals surface area contributed by atoms with Crippen molar-refractivity contribution >= 4 is 50.8 Å². The zero-order valence-corrected chi connectivity index (χ0v) is 19.6. The van der Waals surface area contributed by atoms with Crippen LogP contribution in [0.4, 0.5) is 0 Å². The van der Waals surface area contributed by atoms with Crippen molar-refractivity contribution in [1.82, 2.24) is 10.2 Å². The molecule has 0 unspecified atom stereocenters. The highest BCUT2D eigenvalue weighted by molar-refractivity contribution is 8.19. The molecule has 3 aromatic carbocycles. The Kier molecular flexibility index (Phi) is 6.07. The summed E-state index contributed by atoms with van der Waals surface area (Å²) in [6.45, 7) is 2.48. The Morgan fingerprint density at radius 3 is 2.61 bits per heavy atom. The average Bonchev–Trinajstić information content (AvgIpc) is 3.42. The number of aryl methyl sites for hydroxylation is 1. The van der Waals surface area contributed by atoms with Gasteiger partial charge in [0.25, 0.3) is 0 Å². The van der Waals surface area contributed by atoms with Gasteiger partial charge >= 0.3 is 0 Å². The standard InChI is InChI=1S/C26H21N3O2S2/c1-2-22-28-29-26(33-22)23-24(30)21(32-25(23)27)14-16-10-12-19(13-11-16)31-15-18-8-5-7-17-6-3-4-9-20(17)18/h3-14,23,27H,2,15H2,1H3/b21-14-,27-25?/t23-/m1/s1. The summed E-state index contributed by atoms with van der Waals surface area (Å²) in [5, 5.41) is 20.7. The number of thioether (sulfide) groups is 1. The van der Waals surface area contributed by atoms with Crippen LogP contribution in [0.1, 0.15) is 34.0 Å². The van der Waals surface area contributed by atoms with Crippen LogP contribution in [0.3, 0.4) is 0 Å². The first kappa shape index (κ1) is 21.6. The van der Waals surface area contributed by atoms with Gasteiger partial charge in [-0.05, 0) is 46.5 Å². The Bertz CT molecular complexity index is 1370. The number of benzene rings is 3. The van der Waals surface area contributed by atoms with E-state index in [0.29, 0.717) is 21.6 Å². The Balaban J connectivity index is 1.28. The normalized spacial score (nSPS) is 17.2. The van der Waals surface area contributed by atoms with Crippen molar-refractivity contribution in [3.63, 3.8) is 0 Å². The van der Waals surface area contributed by atoms with E-state index in [1.807, 2.05) is 55.5 Å². The van der Waals surface area contributed by atoms with Crippen molar-refractivity contribution in [2.75, 3.05) is 0 Å². The zero-order chi connectivity index (χ0) is 22.8. The van der Waals surface area contributed by atoms with E-state index < -0.39 is 5.92 Å². The first-order valence-corrected chi connectivity index (χ1v) is 12.3. The molecular formula is C26H21N3O2S2. The third-order valence-electron chi connectivity index (χ3n) is 5.47. The highest BCUT2D eigenvalue weighted by Gasteiger charge is 2.39. The number of ketones is 1. The Morgan fingerprint density at radius 1 is 1.03 bits per heavy atom. The Labute approximate surface area is 200 Å². The molecule has 1 saturated heterocycles. The largest absolute Gasteiger partial charge is 0.489 e. The fourth-order valence-corrected chi connectivity index (χ4v) is 5.68. The van der Waals surface area contributed by atoms with Crippen LogP contribution in [0.15, 0.2) is 71.6 Å². The molecule has 5 rings (SSSR count). The van der Waals surface area contributed by atoms with E-state index in [1.165, 1.54) is 33.9 Å². The van der Waals surface area contributed by atoms with Gasteiger partial charge in [-0.3, -0.25) is 10.2 Å². The minimum atomic E-state index is -0.623. The van der Waals surface area contributed by atoms with Gasteiger partial charge in [0, 0.05) is 0 Å². The molecule has 0 bridgehead atoms. The number of carbonyl (C=O) groups excluding carboxylic acids is 1. The first-order chi connectivity index (χ1) is 16.1. The maximum absolute atomic E-state index is 12.9. The second kappa shape index (κ2) is 9.29. The number of rotatable bonds is 6.